The van der Waals surface area contributed by atoms with Crippen molar-refractivity contribution < 1.29 is 8.78 Å². The molecular formula is C8H5ClF2N2. The minimum absolute atomic E-state index is 0.0842. The average molecular weight is 203 g/mol. The number of aryl methyl sites for hydroxylation is 1. The van der Waals surface area contributed by atoms with Crippen LogP contribution in [-0.4, -0.2) is 4.98 Å². The van der Waals surface area contributed by atoms with Crippen LogP contribution >= 0.6 is 11.6 Å². The van der Waals surface area contributed by atoms with E-state index in [1.807, 2.05) is 0 Å². The molecule has 0 atom stereocenters. The first-order chi connectivity index (χ1) is 6.06. The van der Waals surface area contributed by atoms with Gasteiger partial charge in [0.15, 0.2) is 5.69 Å². The highest BCUT2D eigenvalue weighted by molar-refractivity contribution is 6.30. The topological polar surface area (TPSA) is 36.7 Å². The molecule has 0 saturated carbocycles. The van der Waals surface area contributed by atoms with Gasteiger partial charge in [0, 0.05) is 0 Å². The molecular weight excluding hydrogens is 198 g/mol. The predicted octanol–water partition coefficient (Wildman–Crippen LogP) is 2.85. The largest absolute Gasteiger partial charge is 0.266 e. The van der Waals surface area contributed by atoms with Crippen LogP contribution in [0.3, 0.4) is 0 Å². The maximum absolute atomic E-state index is 12.3. The van der Waals surface area contributed by atoms with Gasteiger partial charge in [-0.05, 0) is 18.6 Å². The minimum atomic E-state index is -2.70. The van der Waals surface area contributed by atoms with Crippen molar-refractivity contribution in [3.63, 3.8) is 0 Å². The van der Waals surface area contributed by atoms with Crippen molar-refractivity contribution in [1.82, 2.24) is 4.98 Å². The van der Waals surface area contributed by atoms with E-state index in [4.69, 9.17) is 16.9 Å². The number of halogens is 3. The van der Waals surface area contributed by atoms with Crippen LogP contribution in [-0.2, 0) is 0 Å². The summed E-state index contributed by atoms with van der Waals surface area (Å²) in [6, 6.07) is 2.75. The Bertz CT molecular complexity index is 371. The van der Waals surface area contributed by atoms with Crippen LogP contribution in [0.1, 0.15) is 23.2 Å². The van der Waals surface area contributed by atoms with Gasteiger partial charge in [-0.15, -0.1) is 0 Å². The number of hydrogen-bond acceptors (Lipinski definition) is 2. The second kappa shape index (κ2) is 3.67. The van der Waals surface area contributed by atoms with Crippen LogP contribution in [0.5, 0.6) is 0 Å². The molecule has 13 heavy (non-hydrogen) atoms. The fourth-order valence-corrected chi connectivity index (χ4v) is 1.01. The molecule has 0 radical (unpaired) electrons. The van der Waals surface area contributed by atoms with Gasteiger partial charge >= 0.3 is 0 Å². The molecule has 1 heterocycles. The molecule has 0 saturated heterocycles. The molecule has 2 nitrogen and oxygen atoms in total. The van der Waals surface area contributed by atoms with Gasteiger partial charge in [-0.25, -0.2) is 13.8 Å². The quantitative estimate of drug-likeness (QED) is 0.657. The molecule has 1 aromatic rings. The lowest BCUT2D eigenvalue weighted by Crippen LogP contribution is -1.96. The molecule has 0 fully saturated rings. The van der Waals surface area contributed by atoms with Crippen LogP contribution in [0.15, 0.2) is 6.07 Å². The van der Waals surface area contributed by atoms with Gasteiger partial charge in [0.05, 0.1) is 5.56 Å². The first kappa shape index (κ1) is 9.87. The highest BCUT2D eigenvalue weighted by atomic mass is 35.5. The summed E-state index contributed by atoms with van der Waals surface area (Å²) in [6.07, 6.45) is -2.70. The van der Waals surface area contributed by atoms with Gasteiger partial charge in [0.2, 0.25) is 0 Å². The Kier molecular flexibility index (Phi) is 2.79. The molecule has 0 amide bonds. The van der Waals surface area contributed by atoms with E-state index in [0.717, 1.165) is 0 Å². The third kappa shape index (κ3) is 1.93. The van der Waals surface area contributed by atoms with E-state index in [2.05, 4.69) is 4.98 Å². The molecule has 0 aliphatic heterocycles. The fraction of sp³-hybridized carbons (Fsp3) is 0.250. The number of pyridine rings is 1. The lowest BCUT2D eigenvalue weighted by molar-refractivity contribution is 0.150. The van der Waals surface area contributed by atoms with Gasteiger partial charge in [-0.3, -0.25) is 0 Å². The zero-order valence-electron chi connectivity index (χ0n) is 6.68. The van der Waals surface area contributed by atoms with Gasteiger partial charge in [-0.1, -0.05) is 11.6 Å². The molecule has 0 aromatic carbocycles. The molecule has 68 valence electrons. The Morgan fingerprint density at radius 1 is 1.62 bits per heavy atom. The smallest absolute Gasteiger partial charge is 0.225 e. The summed E-state index contributed by atoms with van der Waals surface area (Å²) < 4.78 is 24.6. The SMILES string of the molecule is Cc1cc(C(F)F)c(C#N)nc1Cl. The molecule has 1 rings (SSSR count). The van der Waals surface area contributed by atoms with Crippen molar-refractivity contribution >= 4 is 11.6 Å². The number of nitriles is 1. The predicted molar refractivity (Wildman–Crippen MR) is 43.7 cm³/mol. The normalized spacial score (nSPS) is 10.2. The Morgan fingerprint density at radius 2 is 2.23 bits per heavy atom. The number of aromatic nitrogens is 1. The summed E-state index contributed by atoms with van der Waals surface area (Å²) in [4.78, 5) is 3.54. The van der Waals surface area contributed by atoms with E-state index in [9.17, 15) is 8.78 Å². The second-order valence-corrected chi connectivity index (χ2v) is 2.80. The van der Waals surface area contributed by atoms with Crippen LogP contribution < -0.4 is 0 Å². The number of rotatable bonds is 1. The van der Waals surface area contributed by atoms with E-state index in [-0.39, 0.29) is 16.4 Å². The monoisotopic (exact) mass is 202 g/mol. The van der Waals surface area contributed by atoms with E-state index < -0.39 is 6.43 Å². The standard InChI is InChI=1S/C8H5ClF2N2/c1-4-2-5(8(10)11)6(3-12)13-7(4)9/h2,8H,1H3. The summed E-state index contributed by atoms with van der Waals surface area (Å²) in [5.74, 6) is 0. The summed E-state index contributed by atoms with van der Waals surface area (Å²) in [6.45, 7) is 1.56. The number of hydrogen-bond donors (Lipinski definition) is 0. The Labute approximate surface area is 78.8 Å². The van der Waals surface area contributed by atoms with Crippen LogP contribution in [0.25, 0.3) is 0 Å². The second-order valence-electron chi connectivity index (χ2n) is 2.45. The van der Waals surface area contributed by atoms with Gasteiger partial charge in [-0.2, -0.15) is 5.26 Å². The molecule has 1 aromatic heterocycles. The van der Waals surface area contributed by atoms with Crippen molar-refractivity contribution in [2.75, 3.05) is 0 Å². The first-order valence-corrected chi connectivity index (χ1v) is 3.79. The zero-order valence-corrected chi connectivity index (χ0v) is 7.44. The molecule has 0 aliphatic carbocycles. The molecule has 0 aliphatic rings. The number of nitrogens with zero attached hydrogens (tertiary/aromatic N) is 2. The van der Waals surface area contributed by atoms with Crippen molar-refractivity contribution in [2.24, 2.45) is 0 Å². The maximum atomic E-state index is 12.3. The molecule has 0 unspecified atom stereocenters. The van der Waals surface area contributed by atoms with Gasteiger partial charge in [0.1, 0.15) is 11.2 Å². The molecule has 0 spiro atoms. The molecule has 0 bridgehead atoms. The molecule has 0 N–H and O–H groups in total. The number of alkyl halides is 2. The minimum Gasteiger partial charge on any atom is -0.225 e. The summed E-state index contributed by atoms with van der Waals surface area (Å²) in [7, 11) is 0. The summed E-state index contributed by atoms with van der Waals surface area (Å²) in [5, 5.41) is 8.56. The van der Waals surface area contributed by atoms with Crippen LogP contribution in [0.2, 0.25) is 5.15 Å². The third-order valence-corrected chi connectivity index (χ3v) is 1.90. The maximum Gasteiger partial charge on any atom is 0.266 e. The fourth-order valence-electron chi connectivity index (χ4n) is 0.868. The zero-order chi connectivity index (χ0) is 10.0. The summed E-state index contributed by atoms with van der Waals surface area (Å²) in [5.41, 5.74) is -0.244. The van der Waals surface area contributed by atoms with Gasteiger partial charge < -0.3 is 0 Å². The van der Waals surface area contributed by atoms with E-state index >= 15 is 0 Å². The lowest BCUT2D eigenvalue weighted by Gasteiger charge is -2.04. The van der Waals surface area contributed by atoms with E-state index in [1.54, 1.807) is 13.0 Å². The van der Waals surface area contributed by atoms with E-state index in [0.29, 0.717) is 5.56 Å². The Morgan fingerprint density at radius 3 is 2.69 bits per heavy atom. The highest BCUT2D eigenvalue weighted by Crippen LogP contribution is 2.25. The van der Waals surface area contributed by atoms with E-state index in [1.165, 1.54) is 6.07 Å². The highest BCUT2D eigenvalue weighted by Gasteiger charge is 2.15. The third-order valence-electron chi connectivity index (χ3n) is 1.52. The van der Waals surface area contributed by atoms with Crippen LogP contribution in [0, 0.1) is 18.3 Å². The van der Waals surface area contributed by atoms with Gasteiger partial charge in [0.25, 0.3) is 6.43 Å². The van der Waals surface area contributed by atoms with Crippen LogP contribution in [0.4, 0.5) is 8.78 Å². The average Bonchev–Trinajstić information content (AvgIpc) is 2.08. The first-order valence-electron chi connectivity index (χ1n) is 3.41. The summed E-state index contributed by atoms with van der Waals surface area (Å²) >= 11 is 5.56. The van der Waals surface area contributed by atoms with Crippen molar-refractivity contribution in [3.05, 3.63) is 28.0 Å². The molecule has 5 heteroatoms. The lowest BCUT2D eigenvalue weighted by atomic mass is 10.1. The van der Waals surface area contributed by atoms with Crippen molar-refractivity contribution in [2.45, 2.75) is 13.3 Å². The van der Waals surface area contributed by atoms with Crippen molar-refractivity contribution in [1.29, 1.82) is 5.26 Å². The Balaban J connectivity index is 3.35. The Hall–Kier alpha value is -1.21. The van der Waals surface area contributed by atoms with Crippen molar-refractivity contribution in [3.8, 4) is 6.07 Å².